The Labute approximate surface area is 157 Å². The third-order valence-electron chi connectivity index (χ3n) is 4.09. The topological polar surface area (TPSA) is 127 Å². The fraction of sp³-hybridized carbons (Fsp3) is 0.267. The summed E-state index contributed by atoms with van der Waals surface area (Å²) in [5.41, 5.74) is 5.31. The van der Waals surface area contributed by atoms with Gasteiger partial charge in [0.1, 0.15) is 5.56 Å². The van der Waals surface area contributed by atoms with Gasteiger partial charge in [-0.3, -0.25) is 9.36 Å². The Morgan fingerprint density at radius 1 is 1.38 bits per heavy atom. The van der Waals surface area contributed by atoms with Crippen LogP contribution in [0.5, 0.6) is 0 Å². The monoisotopic (exact) mass is 394 g/mol. The number of nitrogens with zero attached hydrogens (tertiary/aromatic N) is 5. The van der Waals surface area contributed by atoms with Crippen LogP contribution in [0, 0.1) is 0 Å². The number of rotatable bonds is 3. The van der Waals surface area contributed by atoms with Gasteiger partial charge in [0, 0.05) is 43.1 Å². The van der Waals surface area contributed by atoms with Crippen molar-refractivity contribution in [2.75, 3.05) is 18.0 Å². The molecule has 0 saturated carbocycles. The molecule has 0 spiro atoms. The number of anilines is 1. The number of hydrogen-bond donors (Lipinski definition) is 2. The summed E-state index contributed by atoms with van der Waals surface area (Å²) in [6.07, 6.45) is 5.09. The van der Waals surface area contributed by atoms with Gasteiger partial charge in [0.05, 0.1) is 5.39 Å². The molecule has 1 unspecified atom stereocenters. The molecule has 26 heavy (non-hydrogen) atoms. The summed E-state index contributed by atoms with van der Waals surface area (Å²) < 4.78 is 1.52. The molecule has 1 atom stereocenters. The molecule has 3 aromatic rings. The molecule has 11 heteroatoms. The lowest BCUT2D eigenvalue weighted by Gasteiger charge is -2.16. The predicted octanol–water partition coefficient (Wildman–Crippen LogP) is 0.895. The standard InChI is InChI=1S/C15H14N6O3S.ClH/c16-8-1-3-20(6-8)14-18-5-9-11(22)10(13(23)24)7-21(12(9)19-14)15-17-2-4-25-15;/h2,4-5,7-8H,1,3,6,16H2,(H,23,24);1H. The zero-order valence-electron chi connectivity index (χ0n) is 13.4. The van der Waals surface area contributed by atoms with E-state index in [0.717, 1.165) is 13.0 Å². The van der Waals surface area contributed by atoms with E-state index in [0.29, 0.717) is 23.3 Å². The summed E-state index contributed by atoms with van der Waals surface area (Å²) in [6.45, 7) is 1.38. The van der Waals surface area contributed by atoms with Gasteiger partial charge < -0.3 is 15.7 Å². The van der Waals surface area contributed by atoms with Crippen LogP contribution in [0.25, 0.3) is 16.2 Å². The maximum Gasteiger partial charge on any atom is 0.341 e. The van der Waals surface area contributed by atoms with Gasteiger partial charge in [-0.2, -0.15) is 4.98 Å². The van der Waals surface area contributed by atoms with E-state index in [1.165, 1.54) is 28.3 Å². The Hall–Kier alpha value is -2.56. The van der Waals surface area contributed by atoms with E-state index in [1.807, 2.05) is 4.90 Å². The Morgan fingerprint density at radius 3 is 2.81 bits per heavy atom. The van der Waals surface area contributed by atoms with E-state index in [1.54, 1.807) is 11.6 Å². The first kappa shape index (κ1) is 18.2. The van der Waals surface area contributed by atoms with Gasteiger partial charge >= 0.3 is 5.97 Å². The number of pyridine rings is 1. The molecule has 0 aromatic carbocycles. The van der Waals surface area contributed by atoms with E-state index in [-0.39, 0.29) is 29.4 Å². The molecule has 0 radical (unpaired) electrons. The van der Waals surface area contributed by atoms with Crippen molar-refractivity contribution in [2.45, 2.75) is 12.5 Å². The number of carboxylic acids is 1. The Kier molecular flexibility index (Phi) is 4.90. The zero-order valence-corrected chi connectivity index (χ0v) is 15.0. The number of aromatic nitrogens is 4. The third kappa shape index (κ3) is 3.02. The van der Waals surface area contributed by atoms with Crippen LogP contribution < -0.4 is 16.1 Å². The molecule has 1 saturated heterocycles. The number of thiazole rings is 1. The van der Waals surface area contributed by atoms with Gasteiger partial charge in [-0.05, 0) is 6.42 Å². The van der Waals surface area contributed by atoms with E-state index < -0.39 is 11.4 Å². The van der Waals surface area contributed by atoms with E-state index in [4.69, 9.17) is 5.73 Å². The molecule has 1 fully saturated rings. The lowest BCUT2D eigenvalue weighted by molar-refractivity contribution is 0.0695. The SMILES string of the molecule is Cl.NC1CCN(c2ncc3c(=O)c(C(=O)O)cn(-c4nccs4)c3n2)C1. The summed E-state index contributed by atoms with van der Waals surface area (Å²) in [5, 5.41) is 11.7. The van der Waals surface area contributed by atoms with Crippen molar-refractivity contribution in [3.05, 3.63) is 39.8 Å². The van der Waals surface area contributed by atoms with Crippen LogP contribution >= 0.6 is 23.7 Å². The number of carbonyl (C=O) groups is 1. The highest BCUT2D eigenvalue weighted by atomic mass is 35.5. The van der Waals surface area contributed by atoms with E-state index in [9.17, 15) is 14.7 Å². The van der Waals surface area contributed by atoms with Crippen molar-refractivity contribution in [3.8, 4) is 5.13 Å². The van der Waals surface area contributed by atoms with Crippen LogP contribution in [0.4, 0.5) is 5.95 Å². The highest BCUT2D eigenvalue weighted by Crippen LogP contribution is 2.21. The molecule has 3 aromatic heterocycles. The molecule has 136 valence electrons. The lowest BCUT2D eigenvalue weighted by Crippen LogP contribution is -2.28. The van der Waals surface area contributed by atoms with Crippen LogP contribution in [-0.2, 0) is 0 Å². The third-order valence-corrected chi connectivity index (χ3v) is 4.87. The van der Waals surface area contributed by atoms with Crippen molar-refractivity contribution in [3.63, 3.8) is 0 Å². The smallest absolute Gasteiger partial charge is 0.341 e. The molecule has 1 aliphatic heterocycles. The van der Waals surface area contributed by atoms with Crippen LogP contribution in [0.1, 0.15) is 16.8 Å². The number of carboxylic acid groups (broad SMARTS) is 1. The van der Waals surface area contributed by atoms with Crippen molar-refractivity contribution in [1.29, 1.82) is 0 Å². The molecule has 1 aliphatic rings. The number of aromatic carboxylic acids is 1. The number of halogens is 1. The minimum Gasteiger partial charge on any atom is -0.477 e. The van der Waals surface area contributed by atoms with Gasteiger partial charge in [-0.1, -0.05) is 0 Å². The molecule has 9 nitrogen and oxygen atoms in total. The first-order valence-corrected chi connectivity index (χ1v) is 8.48. The van der Waals surface area contributed by atoms with Crippen molar-refractivity contribution in [2.24, 2.45) is 5.73 Å². The minimum absolute atomic E-state index is 0. The Balaban J connectivity index is 0.00000196. The summed E-state index contributed by atoms with van der Waals surface area (Å²) >= 11 is 1.32. The Bertz CT molecular complexity index is 1020. The van der Waals surface area contributed by atoms with E-state index in [2.05, 4.69) is 15.0 Å². The highest BCUT2D eigenvalue weighted by Gasteiger charge is 2.23. The average molecular weight is 395 g/mol. The number of nitrogens with two attached hydrogens (primary N) is 1. The second-order valence-electron chi connectivity index (χ2n) is 5.76. The summed E-state index contributed by atoms with van der Waals surface area (Å²) in [7, 11) is 0. The molecular formula is C15H15ClN6O3S. The second-order valence-corrected chi connectivity index (χ2v) is 6.64. The zero-order chi connectivity index (χ0) is 17.6. The van der Waals surface area contributed by atoms with Gasteiger partial charge in [0.2, 0.25) is 11.4 Å². The van der Waals surface area contributed by atoms with Crippen molar-refractivity contribution in [1.82, 2.24) is 19.5 Å². The first-order valence-electron chi connectivity index (χ1n) is 7.60. The average Bonchev–Trinajstić information content (AvgIpc) is 3.26. The van der Waals surface area contributed by atoms with Gasteiger partial charge in [-0.25, -0.2) is 14.8 Å². The van der Waals surface area contributed by atoms with Crippen LogP contribution in [0.3, 0.4) is 0 Å². The quantitative estimate of drug-likeness (QED) is 0.670. The fourth-order valence-corrected chi connectivity index (χ4v) is 3.47. The van der Waals surface area contributed by atoms with Crippen LogP contribution in [0.15, 0.2) is 28.8 Å². The summed E-state index contributed by atoms with van der Waals surface area (Å²) in [6, 6.07) is 0.0647. The molecular weight excluding hydrogens is 380 g/mol. The molecule has 0 aliphatic carbocycles. The van der Waals surface area contributed by atoms with Crippen molar-refractivity contribution < 1.29 is 9.90 Å². The molecule has 0 bridgehead atoms. The number of fused-ring (bicyclic) bond motifs is 1. The number of hydrogen-bond acceptors (Lipinski definition) is 8. The summed E-state index contributed by atoms with van der Waals surface area (Å²) in [5.74, 6) is -0.833. The molecule has 0 amide bonds. The van der Waals surface area contributed by atoms with Gasteiger partial charge in [0.15, 0.2) is 10.8 Å². The lowest BCUT2D eigenvalue weighted by atomic mass is 10.2. The first-order chi connectivity index (χ1) is 12.0. The normalized spacial score (nSPS) is 16.7. The second kappa shape index (κ2) is 6.98. The van der Waals surface area contributed by atoms with E-state index >= 15 is 0 Å². The predicted molar refractivity (Wildman–Crippen MR) is 99.8 cm³/mol. The summed E-state index contributed by atoms with van der Waals surface area (Å²) in [4.78, 5) is 38.8. The maximum absolute atomic E-state index is 12.5. The van der Waals surface area contributed by atoms with Gasteiger partial charge in [0.25, 0.3) is 0 Å². The fourth-order valence-electron chi connectivity index (χ4n) is 2.86. The van der Waals surface area contributed by atoms with Crippen molar-refractivity contribution >= 4 is 46.7 Å². The minimum atomic E-state index is -1.30. The van der Waals surface area contributed by atoms with Crippen LogP contribution in [-0.4, -0.2) is 49.7 Å². The molecule has 4 rings (SSSR count). The highest BCUT2D eigenvalue weighted by molar-refractivity contribution is 7.12. The molecule has 3 N–H and O–H groups in total. The largest absolute Gasteiger partial charge is 0.477 e. The Morgan fingerprint density at radius 2 is 2.19 bits per heavy atom. The molecule has 4 heterocycles. The maximum atomic E-state index is 12.5. The van der Waals surface area contributed by atoms with Crippen LogP contribution in [0.2, 0.25) is 0 Å². The van der Waals surface area contributed by atoms with Gasteiger partial charge in [-0.15, -0.1) is 23.7 Å².